The molecule has 0 aliphatic heterocycles. The summed E-state index contributed by atoms with van der Waals surface area (Å²) in [6, 6.07) is 10.3. The number of sulfone groups is 1. The second-order valence-electron chi connectivity index (χ2n) is 10.5. The molecule has 0 unspecified atom stereocenters. The molecule has 2 aromatic carbocycles. The van der Waals surface area contributed by atoms with Crippen LogP contribution in [0.5, 0.6) is 11.6 Å². The topological polar surface area (TPSA) is 91.8 Å². The van der Waals surface area contributed by atoms with Gasteiger partial charge < -0.3 is 14.2 Å². The van der Waals surface area contributed by atoms with Crippen molar-refractivity contribution >= 4 is 15.8 Å². The van der Waals surface area contributed by atoms with Gasteiger partial charge in [-0.2, -0.15) is 13.2 Å². The van der Waals surface area contributed by atoms with Crippen LogP contribution in [0.1, 0.15) is 41.5 Å². The molecular weight excluding hydrogens is 578 g/mol. The molecule has 12 heteroatoms. The van der Waals surface area contributed by atoms with Crippen LogP contribution in [0.4, 0.5) is 17.6 Å². The minimum absolute atomic E-state index is 0.0143. The first-order chi connectivity index (χ1) is 19.9. The zero-order chi connectivity index (χ0) is 30.2. The Labute approximate surface area is 240 Å². The molecule has 1 heterocycles. The second-order valence-corrected chi connectivity index (χ2v) is 12.8. The van der Waals surface area contributed by atoms with E-state index in [0.717, 1.165) is 35.9 Å². The van der Waals surface area contributed by atoms with Gasteiger partial charge in [0.1, 0.15) is 33.6 Å². The second kappa shape index (κ2) is 11.5. The number of alkyl halides is 3. The SMILES string of the molecule is CCOC(=O)[C@H]1[C@@H]2Cc3cc(OCc4cc(-c5cnc(OCCCS(C)(=O)=O)c(C(F)(F)F)c5)ccc4F)ccc3[C@@H]21. The summed E-state index contributed by atoms with van der Waals surface area (Å²) < 4.78 is 94.7. The lowest BCUT2D eigenvalue weighted by Gasteiger charge is -2.15. The number of benzene rings is 2. The number of carbonyl (C=O) groups is 1. The van der Waals surface area contributed by atoms with Crippen molar-refractivity contribution in [3.8, 4) is 22.8 Å². The van der Waals surface area contributed by atoms with Gasteiger partial charge in [-0.25, -0.2) is 17.8 Å². The molecule has 3 atom stereocenters. The van der Waals surface area contributed by atoms with E-state index >= 15 is 0 Å². The van der Waals surface area contributed by atoms with Crippen molar-refractivity contribution in [3.05, 3.63) is 76.7 Å². The predicted molar refractivity (Wildman–Crippen MR) is 145 cm³/mol. The third kappa shape index (κ3) is 6.53. The van der Waals surface area contributed by atoms with E-state index < -0.39 is 33.3 Å². The van der Waals surface area contributed by atoms with Crippen molar-refractivity contribution in [3.63, 3.8) is 0 Å². The van der Waals surface area contributed by atoms with Crippen LogP contribution < -0.4 is 9.47 Å². The molecule has 0 amide bonds. The highest BCUT2D eigenvalue weighted by atomic mass is 32.2. The van der Waals surface area contributed by atoms with Crippen LogP contribution in [0.25, 0.3) is 11.1 Å². The number of hydrogen-bond acceptors (Lipinski definition) is 7. The van der Waals surface area contributed by atoms with E-state index in [0.29, 0.717) is 17.9 Å². The fourth-order valence-corrected chi connectivity index (χ4v) is 6.13. The summed E-state index contributed by atoms with van der Waals surface area (Å²) in [5, 5.41) is 0. The summed E-state index contributed by atoms with van der Waals surface area (Å²) in [5.74, 6) is -0.834. The molecule has 224 valence electrons. The maximum Gasteiger partial charge on any atom is 0.421 e. The molecule has 0 N–H and O–H groups in total. The van der Waals surface area contributed by atoms with Gasteiger partial charge in [-0.1, -0.05) is 12.1 Å². The van der Waals surface area contributed by atoms with Gasteiger partial charge in [0.05, 0.1) is 24.9 Å². The number of hydrogen-bond donors (Lipinski definition) is 0. The fourth-order valence-electron chi connectivity index (χ4n) is 5.48. The highest BCUT2D eigenvalue weighted by Crippen LogP contribution is 2.62. The molecule has 42 heavy (non-hydrogen) atoms. The first-order valence-electron chi connectivity index (χ1n) is 13.4. The normalized spacial score (nSPS) is 19.1. The quantitative estimate of drug-likeness (QED) is 0.156. The summed E-state index contributed by atoms with van der Waals surface area (Å²) in [7, 11) is -3.28. The van der Waals surface area contributed by atoms with Crippen molar-refractivity contribution < 1.29 is 45.0 Å². The average Bonchev–Trinajstić information content (AvgIpc) is 3.51. The Hall–Kier alpha value is -3.67. The Bertz CT molecular complexity index is 1610. The third-order valence-electron chi connectivity index (χ3n) is 7.48. The van der Waals surface area contributed by atoms with Gasteiger partial charge in [0, 0.05) is 29.5 Å². The highest BCUT2D eigenvalue weighted by Gasteiger charge is 2.60. The number of halogens is 4. The molecule has 2 aliphatic rings. The van der Waals surface area contributed by atoms with Crippen molar-refractivity contribution in [1.82, 2.24) is 4.98 Å². The maximum absolute atomic E-state index is 14.7. The average molecular weight is 608 g/mol. The molecule has 0 spiro atoms. The van der Waals surface area contributed by atoms with Gasteiger partial charge in [0.15, 0.2) is 0 Å². The maximum atomic E-state index is 14.7. The summed E-state index contributed by atoms with van der Waals surface area (Å²) >= 11 is 0. The Kier molecular flexibility index (Phi) is 8.19. The van der Waals surface area contributed by atoms with Crippen LogP contribution in [0.3, 0.4) is 0 Å². The number of carbonyl (C=O) groups excluding carboxylic acids is 1. The van der Waals surface area contributed by atoms with Crippen molar-refractivity contribution in [1.29, 1.82) is 0 Å². The largest absolute Gasteiger partial charge is 0.489 e. The van der Waals surface area contributed by atoms with Gasteiger partial charge in [0.2, 0.25) is 5.88 Å². The van der Waals surface area contributed by atoms with Crippen molar-refractivity contribution in [2.45, 2.75) is 38.5 Å². The van der Waals surface area contributed by atoms with Crippen molar-refractivity contribution in [2.24, 2.45) is 11.8 Å². The van der Waals surface area contributed by atoms with Crippen LogP contribution in [-0.2, 0) is 38.6 Å². The molecule has 3 aromatic rings. The Balaban J connectivity index is 1.28. The monoisotopic (exact) mass is 607 g/mol. The minimum Gasteiger partial charge on any atom is -0.489 e. The fraction of sp³-hybridized carbons (Fsp3) is 0.400. The van der Waals surface area contributed by atoms with Crippen molar-refractivity contribution in [2.75, 3.05) is 25.2 Å². The summed E-state index contributed by atoms with van der Waals surface area (Å²) in [6.07, 6.45) is -1.82. The van der Waals surface area contributed by atoms with E-state index in [1.807, 2.05) is 12.1 Å². The number of nitrogens with zero attached hydrogens (tertiary/aromatic N) is 1. The molecule has 2 aliphatic carbocycles. The Morgan fingerprint density at radius 3 is 2.57 bits per heavy atom. The van der Waals surface area contributed by atoms with Gasteiger partial charge in [-0.15, -0.1) is 0 Å². The summed E-state index contributed by atoms with van der Waals surface area (Å²) in [4.78, 5) is 15.9. The summed E-state index contributed by atoms with van der Waals surface area (Å²) in [5.41, 5.74) is 1.59. The third-order valence-corrected chi connectivity index (χ3v) is 8.51. The van der Waals surface area contributed by atoms with E-state index in [9.17, 15) is 30.8 Å². The van der Waals surface area contributed by atoms with Crippen LogP contribution in [0, 0.1) is 17.7 Å². The molecule has 1 saturated carbocycles. The van der Waals surface area contributed by atoms with Gasteiger partial charge in [0.25, 0.3) is 0 Å². The number of ether oxygens (including phenoxy) is 3. The number of aromatic nitrogens is 1. The first-order valence-corrected chi connectivity index (χ1v) is 15.5. The van der Waals surface area contributed by atoms with Crippen LogP contribution in [-0.4, -0.2) is 44.6 Å². The lowest BCUT2D eigenvalue weighted by molar-refractivity contribution is -0.145. The van der Waals surface area contributed by atoms with E-state index in [1.54, 1.807) is 13.0 Å². The smallest absolute Gasteiger partial charge is 0.421 e. The van der Waals surface area contributed by atoms with Gasteiger partial charge >= 0.3 is 12.1 Å². The standard InChI is InChI=1S/C30H29F4NO6S/c1-3-39-29(36)27-23-13-18-12-21(6-7-22(18)26(23)27)41-16-20-11-17(5-8-25(20)31)19-14-24(30(32,33)34)28(35-15-19)40-9-4-10-42(2,37)38/h5-8,11-12,14-15,23,26-27H,3-4,9-10,13,16H2,1-2H3/t23-,26+,27+/m1/s1. The number of rotatable bonds is 11. The number of esters is 1. The first kappa shape index (κ1) is 29.8. The van der Waals surface area contributed by atoms with Crippen LogP contribution in [0.15, 0.2) is 48.7 Å². The zero-order valence-electron chi connectivity index (χ0n) is 22.9. The van der Waals surface area contributed by atoms with E-state index in [-0.39, 0.29) is 60.2 Å². The molecule has 7 nitrogen and oxygen atoms in total. The lowest BCUT2D eigenvalue weighted by Crippen LogP contribution is -2.13. The molecule has 0 radical (unpaired) electrons. The van der Waals surface area contributed by atoms with Crippen LogP contribution >= 0.6 is 0 Å². The number of pyridine rings is 1. The Morgan fingerprint density at radius 2 is 1.86 bits per heavy atom. The van der Waals surface area contributed by atoms with E-state index in [1.165, 1.54) is 18.3 Å². The van der Waals surface area contributed by atoms with Gasteiger partial charge in [-0.05, 0) is 72.7 Å². The lowest BCUT2D eigenvalue weighted by atomic mass is 10.0. The van der Waals surface area contributed by atoms with Crippen LogP contribution in [0.2, 0.25) is 0 Å². The van der Waals surface area contributed by atoms with Gasteiger partial charge in [-0.3, -0.25) is 4.79 Å². The predicted octanol–water partition coefficient (Wildman–Crippen LogP) is 5.75. The molecule has 0 saturated heterocycles. The summed E-state index contributed by atoms with van der Waals surface area (Å²) in [6.45, 7) is 1.72. The Morgan fingerprint density at radius 1 is 1.07 bits per heavy atom. The molecule has 1 fully saturated rings. The highest BCUT2D eigenvalue weighted by molar-refractivity contribution is 7.90. The molecule has 5 rings (SSSR count). The molecule has 1 aromatic heterocycles. The minimum atomic E-state index is -4.79. The molecular formula is C30H29F4NO6S. The number of fused-ring (bicyclic) bond motifs is 3. The van der Waals surface area contributed by atoms with E-state index in [4.69, 9.17) is 14.2 Å². The molecule has 0 bridgehead atoms. The zero-order valence-corrected chi connectivity index (χ0v) is 23.7. The van der Waals surface area contributed by atoms with E-state index in [2.05, 4.69) is 4.98 Å².